The van der Waals surface area contributed by atoms with Gasteiger partial charge in [0.2, 0.25) is 0 Å². The highest BCUT2D eigenvalue weighted by atomic mass is 35.5. The third kappa shape index (κ3) is 4.09. The summed E-state index contributed by atoms with van der Waals surface area (Å²) in [6.07, 6.45) is 2.38. The highest BCUT2D eigenvalue weighted by molar-refractivity contribution is 6.33. The summed E-state index contributed by atoms with van der Waals surface area (Å²) >= 11 is 6.09. The summed E-state index contributed by atoms with van der Waals surface area (Å²) in [6.45, 7) is -0.182. The van der Waals surface area contributed by atoms with E-state index in [2.05, 4.69) is 10.4 Å². The minimum Gasteiger partial charge on any atom is -0.441 e. The molecule has 0 aromatic carbocycles. The van der Waals surface area contributed by atoms with Gasteiger partial charge in [-0.3, -0.25) is 4.79 Å². The number of aliphatic hydroxyl groups is 1. The van der Waals surface area contributed by atoms with Crippen molar-refractivity contribution in [2.24, 2.45) is 0 Å². The molecule has 0 bridgehead atoms. The molecule has 1 saturated carbocycles. The standard InChI is InChI=1S/C16H22ClFN4O4/c17-14-12(7-19-22(5-6-23)15(14)24)21-8-11(18)13(9-21)26-16(25)20-10-3-1-2-4-10/h7,10-11,13,23H,1-6,8-9H2,(H,20,25)/t11-,13-/m0/s1. The Morgan fingerprint density at radius 1 is 1.42 bits per heavy atom. The van der Waals surface area contributed by atoms with Crippen molar-refractivity contribution in [1.82, 2.24) is 15.1 Å². The fraction of sp³-hybridized carbons (Fsp3) is 0.688. The van der Waals surface area contributed by atoms with Crippen LogP contribution in [0.25, 0.3) is 0 Å². The average molecular weight is 389 g/mol. The molecule has 1 aliphatic carbocycles. The van der Waals surface area contributed by atoms with Gasteiger partial charge in [-0.25, -0.2) is 13.9 Å². The number of ether oxygens (including phenoxy) is 1. The molecule has 1 aromatic rings. The first kappa shape index (κ1) is 18.9. The molecule has 2 atom stereocenters. The second kappa shape index (κ2) is 8.22. The van der Waals surface area contributed by atoms with E-state index in [4.69, 9.17) is 21.4 Å². The number of carbonyl (C=O) groups excluding carboxylic acids is 1. The number of aromatic nitrogens is 2. The van der Waals surface area contributed by atoms with Crippen molar-refractivity contribution in [3.63, 3.8) is 0 Å². The van der Waals surface area contributed by atoms with E-state index in [1.165, 1.54) is 11.1 Å². The van der Waals surface area contributed by atoms with Crippen molar-refractivity contribution in [2.75, 3.05) is 24.6 Å². The summed E-state index contributed by atoms with van der Waals surface area (Å²) in [5.74, 6) is 0. The van der Waals surface area contributed by atoms with Crippen molar-refractivity contribution < 1.29 is 19.0 Å². The van der Waals surface area contributed by atoms with Gasteiger partial charge in [0.05, 0.1) is 38.1 Å². The van der Waals surface area contributed by atoms with Crippen LogP contribution in [0.4, 0.5) is 14.9 Å². The maximum atomic E-state index is 14.3. The Kier molecular flexibility index (Phi) is 5.98. The van der Waals surface area contributed by atoms with Crippen LogP contribution in [-0.4, -0.2) is 59.0 Å². The van der Waals surface area contributed by atoms with Gasteiger partial charge in [-0.15, -0.1) is 0 Å². The van der Waals surface area contributed by atoms with Gasteiger partial charge in [-0.05, 0) is 12.8 Å². The Morgan fingerprint density at radius 2 is 2.15 bits per heavy atom. The van der Waals surface area contributed by atoms with Crippen LogP contribution in [0.5, 0.6) is 0 Å². The van der Waals surface area contributed by atoms with Gasteiger partial charge in [0.1, 0.15) is 5.02 Å². The van der Waals surface area contributed by atoms with Gasteiger partial charge in [-0.1, -0.05) is 24.4 Å². The molecule has 0 radical (unpaired) electrons. The molecule has 1 saturated heterocycles. The predicted molar refractivity (Wildman–Crippen MR) is 93.4 cm³/mol. The van der Waals surface area contributed by atoms with E-state index in [9.17, 15) is 14.0 Å². The molecule has 0 unspecified atom stereocenters. The van der Waals surface area contributed by atoms with Gasteiger partial charge in [-0.2, -0.15) is 5.10 Å². The number of nitrogens with one attached hydrogen (secondary N) is 1. The van der Waals surface area contributed by atoms with E-state index < -0.39 is 23.9 Å². The lowest BCUT2D eigenvalue weighted by atomic mass is 10.2. The summed E-state index contributed by atoms with van der Waals surface area (Å²) in [5, 5.41) is 15.5. The number of nitrogens with zero attached hydrogens (tertiary/aromatic N) is 3. The lowest BCUT2D eigenvalue weighted by molar-refractivity contribution is 0.0682. The molecule has 1 amide bonds. The first-order chi connectivity index (χ1) is 12.5. The van der Waals surface area contributed by atoms with E-state index in [1.54, 1.807) is 0 Å². The second-order valence-electron chi connectivity index (χ2n) is 6.59. The van der Waals surface area contributed by atoms with Crippen molar-refractivity contribution in [3.8, 4) is 0 Å². The maximum Gasteiger partial charge on any atom is 0.407 e. The molecular weight excluding hydrogens is 367 g/mol. The zero-order valence-corrected chi connectivity index (χ0v) is 15.0. The molecule has 8 nitrogen and oxygen atoms in total. The van der Waals surface area contributed by atoms with Crippen LogP contribution in [-0.2, 0) is 11.3 Å². The molecule has 3 rings (SSSR count). The Bertz CT molecular complexity index is 710. The summed E-state index contributed by atoms with van der Waals surface area (Å²) in [7, 11) is 0. The number of amides is 1. The predicted octanol–water partition coefficient (Wildman–Crippen LogP) is 1.08. The van der Waals surface area contributed by atoms with Crippen LogP contribution in [0.2, 0.25) is 5.02 Å². The van der Waals surface area contributed by atoms with Crippen LogP contribution in [0, 0.1) is 0 Å². The first-order valence-corrected chi connectivity index (χ1v) is 9.10. The third-order valence-corrected chi connectivity index (χ3v) is 5.11. The van der Waals surface area contributed by atoms with Crippen LogP contribution >= 0.6 is 11.6 Å². The number of rotatable bonds is 5. The smallest absolute Gasteiger partial charge is 0.407 e. The third-order valence-electron chi connectivity index (χ3n) is 4.75. The number of alkyl halides is 1. The summed E-state index contributed by atoms with van der Waals surface area (Å²) < 4.78 is 20.6. The van der Waals surface area contributed by atoms with Crippen molar-refractivity contribution in [3.05, 3.63) is 21.6 Å². The number of alkyl carbamates (subject to hydrolysis) is 1. The molecule has 2 heterocycles. The number of anilines is 1. The number of carbonyl (C=O) groups is 1. The molecular formula is C16H22ClFN4O4. The lowest BCUT2D eigenvalue weighted by Crippen LogP contribution is -2.38. The number of hydrogen-bond acceptors (Lipinski definition) is 6. The highest BCUT2D eigenvalue weighted by Gasteiger charge is 2.37. The van der Waals surface area contributed by atoms with E-state index in [0.717, 1.165) is 30.4 Å². The summed E-state index contributed by atoms with van der Waals surface area (Å²) in [5.41, 5.74) is -0.271. The Morgan fingerprint density at radius 3 is 2.85 bits per heavy atom. The van der Waals surface area contributed by atoms with Gasteiger partial charge in [0, 0.05) is 6.04 Å². The Labute approximate surface area is 154 Å². The van der Waals surface area contributed by atoms with Crippen molar-refractivity contribution >= 4 is 23.4 Å². The molecule has 10 heteroatoms. The van der Waals surface area contributed by atoms with Crippen LogP contribution in [0.15, 0.2) is 11.0 Å². The topological polar surface area (TPSA) is 96.7 Å². The minimum absolute atomic E-state index is 0.0254. The van der Waals surface area contributed by atoms with Crippen LogP contribution in [0.1, 0.15) is 25.7 Å². The fourth-order valence-electron chi connectivity index (χ4n) is 3.38. The zero-order valence-electron chi connectivity index (χ0n) is 14.2. The van der Waals surface area contributed by atoms with E-state index in [0.29, 0.717) is 0 Å². The van der Waals surface area contributed by atoms with Crippen LogP contribution in [0.3, 0.4) is 0 Å². The normalized spacial score (nSPS) is 23.4. The highest BCUT2D eigenvalue weighted by Crippen LogP contribution is 2.28. The lowest BCUT2D eigenvalue weighted by Gasteiger charge is -2.20. The minimum atomic E-state index is -1.39. The SMILES string of the molecule is O=C(NC1CCCC1)O[C@H]1CN(c2cnn(CCO)c(=O)c2Cl)C[C@@H]1F. The monoisotopic (exact) mass is 388 g/mol. The number of halogens is 2. The van der Waals surface area contributed by atoms with Crippen LogP contribution < -0.4 is 15.8 Å². The number of hydrogen-bond donors (Lipinski definition) is 2. The molecule has 2 fully saturated rings. The Balaban J connectivity index is 1.63. The maximum absolute atomic E-state index is 14.3. The van der Waals surface area contributed by atoms with Gasteiger partial charge in [0.15, 0.2) is 12.3 Å². The molecule has 0 spiro atoms. The fourth-order valence-corrected chi connectivity index (χ4v) is 3.65. The van der Waals surface area contributed by atoms with Gasteiger partial charge < -0.3 is 20.1 Å². The molecule has 26 heavy (non-hydrogen) atoms. The van der Waals surface area contributed by atoms with Crippen molar-refractivity contribution in [2.45, 2.75) is 50.5 Å². The second-order valence-corrected chi connectivity index (χ2v) is 6.96. The molecule has 2 aliphatic rings. The van der Waals surface area contributed by atoms with Gasteiger partial charge in [0.25, 0.3) is 5.56 Å². The van der Waals surface area contributed by atoms with E-state index in [-0.39, 0.29) is 43.0 Å². The van der Waals surface area contributed by atoms with E-state index >= 15 is 0 Å². The zero-order chi connectivity index (χ0) is 18.7. The molecule has 144 valence electrons. The quantitative estimate of drug-likeness (QED) is 0.783. The summed E-state index contributed by atoms with van der Waals surface area (Å²) in [6, 6.07) is 0.0934. The van der Waals surface area contributed by atoms with E-state index in [1.807, 2.05) is 0 Å². The molecule has 2 N–H and O–H groups in total. The average Bonchev–Trinajstić information content (AvgIpc) is 3.22. The molecule has 1 aliphatic heterocycles. The number of aliphatic hydroxyl groups excluding tert-OH is 1. The molecule has 1 aromatic heterocycles. The Hall–Kier alpha value is -1.87. The largest absolute Gasteiger partial charge is 0.441 e. The first-order valence-electron chi connectivity index (χ1n) is 8.72. The van der Waals surface area contributed by atoms with Gasteiger partial charge >= 0.3 is 6.09 Å². The summed E-state index contributed by atoms with van der Waals surface area (Å²) in [4.78, 5) is 25.6. The van der Waals surface area contributed by atoms with Crippen molar-refractivity contribution in [1.29, 1.82) is 0 Å².